The predicted molar refractivity (Wildman–Crippen MR) is 176 cm³/mol. The van der Waals surface area contributed by atoms with Gasteiger partial charge in [-0.3, -0.25) is 9.80 Å². The molecule has 2 aliphatic rings. The van der Waals surface area contributed by atoms with E-state index in [0.29, 0.717) is 42.8 Å². The monoisotopic (exact) mass is 667 g/mol. The van der Waals surface area contributed by atoms with Crippen molar-refractivity contribution in [3.8, 4) is 23.2 Å². The van der Waals surface area contributed by atoms with Crippen LogP contribution in [-0.2, 0) is 4.74 Å². The second-order valence-corrected chi connectivity index (χ2v) is 13.1. The summed E-state index contributed by atoms with van der Waals surface area (Å²) in [5, 5.41) is 21.2. The van der Waals surface area contributed by atoms with Gasteiger partial charge in [-0.05, 0) is 43.7 Å². The largest absolute Gasteiger partial charge is 0.462 e. The number of ether oxygens (including phenoxy) is 2. The van der Waals surface area contributed by atoms with E-state index in [1.54, 1.807) is 19.2 Å². The zero-order valence-electron chi connectivity index (χ0n) is 26.3. The predicted octanol–water partition coefficient (Wildman–Crippen LogP) is 4.69. The van der Waals surface area contributed by atoms with E-state index in [2.05, 4.69) is 11.6 Å². The molecule has 10 nitrogen and oxygen atoms in total. The SMILES string of the molecule is C=CC(O)N1CCC(N(C)c2nc(OC[C@@H]3C[C@@H](F)CN3C)nc3c(F)c(-c4ccc(F)c5sc(N)c(C#N)c45)ccc23)C1COC. The number of nitriles is 1. The Hall–Kier alpha value is -4.00. The van der Waals surface area contributed by atoms with Crippen molar-refractivity contribution in [3.63, 3.8) is 0 Å². The summed E-state index contributed by atoms with van der Waals surface area (Å²) in [6.45, 7) is 4.99. The third kappa shape index (κ3) is 5.87. The topological polar surface area (TPSA) is 124 Å². The van der Waals surface area contributed by atoms with Gasteiger partial charge in [0, 0.05) is 55.7 Å². The van der Waals surface area contributed by atoms with E-state index < -0.39 is 24.0 Å². The van der Waals surface area contributed by atoms with Gasteiger partial charge in [-0.1, -0.05) is 18.7 Å². The van der Waals surface area contributed by atoms with Gasteiger partial charge in [0.05, 0.1) is 22.9 Å². The lowest BCUT2D eigenvalue weighted by molar-refractivity contribution is 0.00370. The van der Waals surface area contributed by atoms with Crippen molar-refractivity contribution in [2.45, 2.75) is 43.4 Å². The van der Waals surface area contributed by atoms with Crippen LogP contribution >= 0.6 is 11.3 Å². The normalized spacial score (nSPS) is 22.6. The number of hydrogen-bond donors (Lipinski definition) is 2. The van der Waals surface area contributed by atoms with Crippen LogP contribution in [0.3, 0.4) is 0 Å². The third-order valence-electron chi connectivity index (χ3n) is 9.30. The zero-order chi connectivity index (χ0) is 33.6. The zero-order valence-corrected chi connectivity index (χ0v) is 27.1. The highest BCUT2D eigenvalue weighted by atomic mass is 32.1. The van der Waals surface area contributed by atoms with Gasteiger partial charge in [0.1, 0.15) is 47.2 Å². The molecule has 2 saturated heterocycles. The van der Waals surface area contributed by atoms with Crippen LogP contribution < -0.4 is 15.4 Å². The molecule has 14 heteroatoms. The summed E-state index contributed by atoms with van der Waals surface area (Å²) in [7, 11) is 5.24. The number of anilines is 2. The van der Waals surface area contributed by atoms with Gasteiger partial charge in [0.2, 0.25) is 0 Å². The molecule has 0 aliphatic carbocycles. The van der Waals surface area contributed by atoms with Crippen LogP contribution in [0.2, 0.25) is 0 Å². The molecule has 0 radical (unpaired) electrons. The molecule has 2 aliphatic heterocycles. The highest BCUT2D eigenvalue weighted by molar-refractivity contribution is 7.23. The summed E-state index contributed by atoms with van der Waals surface area (Å²) in [6, 6.07) is 7.19. The molecular weight excluding hydrogens is 631 g/mol. The van der Waals surface area contributed by atoms with Crippen molar-refractivity contribution in [1.82, 2.24) is 19.8 Å². The van der Waals surface area contributed by atoms with Crippen molar-refractivity contribution in [1.29, 1.82) is 5.26 Å². The van der Waals surface area contributed by atoms with Gasteiger partial charge < -0.3 is 25.2 Å². The highest BCUT2D eigenvalue weighted by Crippen LogP contribution is 2.43. The first-order chi connectivity index (χ1) is 22.6. The number of hydrogen-bond acceptors (Lipinski definition) is 11. The number of rotatable bonds is 10. The number of nitrogens with two attached hydrogens (primary N) is 1. The Kier molecular flexibility index (Phi) is 9.28. The van der Waals surface area contributed by atoms with Gasteiger partial charge in [-0.15, -0.1) is 11.3 Å². The number of aliphatic hydroxyl groups is 1. The van der Waals surface area contributed by atoms with Crippen LogP contribution in [0.1, 0.15) is 18.4 Å². The number of likely N-dealkylation sites (tertiary alicyclic amines) is 2. The lowest BCUT2D eigenvalue weighted by Crippen LogP contribution is -2.49. The fourth-order valence-corrected chi connectivity index (χ4v) is 7.83. The first-order valence-corrected chi connectivity index (χ1v) is 16.1. The Morgan fingerprint density at radius 2 is 2.02 bits per heavy atom. The molecule has 0 amide bonds. The summed E-state index contributed by atoms with van der Waals surface area (Å²) in [5.41, 5.74) is 6.48. The molecule has 3 N–H and O–H groups in total. The Labute approximate surface area is 274 Å². The molecule has 47 heavy (non-hydrogen) atoms. The van der Waals surface area contributed by atoms with E-state index in [4.69, 9.17) is 20.2 Å². The summed E-state index contributed by atoms with van der Waals surface area (Å²) in [6.07, 6.45) is 0.546. The van der Waals surface area contributed by atoms with Crippen LogP contribution in [0.4, 0.5) is 24.0 Å². The van der Waals surface area contributed by atoms with Crippen molar-refractivity contribution < 1.29 is 27.8 Å². The van der Waals surface area contributed by atoms with Crippen LogP contribution in [0.15, 0.2) is 36.9 Å². The van der Waals surface area contributed by atoms with Crippen LogP contribution in [0.25, 0.3) is 32.1 Å². The number of nitrogens with zero attached hydrogens (tertiary/aromatic N) is 6. The minimum absolute atomic E-state index is 0.0408. The summed E-state index contributed by atoms with van der Waals surface area (Å²) < 4.78 is 57.4. The Morgan fingerprint density at radius 3 is 2.70 bits per heavy atom. The average Bonchev–Trinajstić information content (AvgIpc) is 3.73. The molecule has 5 atom stereocenters. The van der Waals surface area contributed by atoms with E-state index in [9.17, 15) is 19.1 Å². The fourth-order valence-electron chi connectivity index (χ4n) is 6.88. The lowest BCUT2D eigenvalue weighted by Gasteiger charge is -2.35. The first-order valence-electron chi connectivity index (χ1n) is 15.2. The Balaban J connectivity index is 1.48. The van der Waals surface area contributed by atoms with Crippen LogP contribution in [0.5, 0.6) is 6.01 Å². The number of aliphatic hydroxyl groups excluding tert-OH is 1. The Morgan fingerprint density at radius 1 is 1.26 bits per heavy atom. The molecule has 4 aromatic rings. The molecule has 2 fully saturated rings. The van der Waals surface area contributed by atoms with Crippen LogP contribution in [-0.4, -0.2) is 103 Å². The molecule has 248 valence electrons. The minimum Gasteiger partial charge on any atom is -0.462 e. The fraction of sp³-hybridized carbons (Fsp3) is 0.424. The molecule has 0 spiro atoms. The quantitative estimate of drug-likeness (QED) is 0.230. The number of alkyl halides is 1. The molecule has 2 aromatic carbocycles. The maximum absolute atomic E-state index is 16.8. The van der Waals surface area contributed by atoms with Gasteiger partial charge in [0.15, 0.2) is 5.82 Å². The number of aromatic nitrogens is 2. The molecule has 2 aromatic heterocycles. The van der Waals surface area contributed by atoms with E-state index in [0.717, 1.165) is 11.3 Å². The lowest BCUT2D eigenvalue weighted by atomic mass is 9.97. The van der Waals surface area contributed by atoms with Gasteiger partial charge in [-0.2, -0.15) is 15.2 Å². The average molecular weight is 668 g/mol. The van der Waals surface area contributed by atoms with Gasteiger partial charge >= 0.3 is 6.01 Å². The summed E-state index contributed by atoms with van der Waals surface area (Å²) in [5.74, 6) is -0.881. The molecule has 6 rings (SSSR count). The second-order valence-electron chi connectivity index (χ2n) is 12.0. The number of thiophene rings is 1. The second kappa shape index (κ2) is 13.2. The molecule has 3 unspecified atom stereocenters. The number of likely N-dealkylation sites (N-methyl/N-ethyl adjacent to an activating group) is 2. The maximum atomic E-state index is 16.8. The standard InChI is InChI=1S/C33H36F3N7O3S/c1-5-26(44)43-11-10-24(25(43)16-45-4)42(3)32-21-7-6-20(19-8-9-23(35)30-27(19)22(13-37)31(38)47-30)28(36)29(21)39-33(40-32)46-15-18-12-17(34)14-41(18)2/h5-9,17-18,24-26,44H,1,10-12,14-16,38H2,2-4H3/t17-,18+,24?,25?,26?/m1/s1. The maximum Gasteiger partial charge on any atom is 0.319 e. The molecule has 0 bridgehead atoms. The molecule has 0 saturated carbocycles. The smallest absolute Gasteiger partial charge is 0.319 e. The molecular formula is C33H36F3N7O3S. The Bertz CT molecular complexity index is 1870. The van der Waals surface area contributed by atoms with Crippen molar-refractivity contribution in [3.05, 3.63) is 54.1 Å². The van der Waals surface area contributed by atoms with Crippen molar-refractivity contribution >= 4 is 43.1 Å². The minimum atomic E-state index is -0.973. The van der Waals surface area contributed by atoms with Gasteiger partial charge in [0.25, 0.3) is 0 Å². The van der Waals surface area contributed by atoms with Crippen molar-refractivity contribution in [2.24, 2.45) is 0 Å². The number of halogens is 3. The summed E-state index contributed by atoms with van der Waals surface area (Å²) in [4.78, 5) is 14.9. The van der Waals surface area contributed by atoms with Crippen molar-refractivity contribution in [2.75, 3.05) is 58.1 Å². The summed E-state index contributed by atoms with van der Waals surface area (Å²) >= 11 is 0.935. The first kappa shape index (κ1) is 32.9. The van der Waals surface area contributed by atoms with E-state index >= 15 is 4.39 Å². The highest BCUT2D eigenvalue weighted by Gasteiger charge is 2.40. The van der Waals surface area contributed by atoms with E-state index in [1.165, 1.54) is 18.2 Å². The third-order valence-corrected chi connectivity index (χ3v) is 10.3. The van der Waals surface area contributed by atoms with Gasteiger partial charge in [-0.25, -0.2) is 13.2 Å². The number of nitrogen functional groups attached to an aromatic ring is 1. The number of benzene rings is 2. The number of methoxy groups -OCH3 is 1. The molecule has 4 heterocycles. The van der Waals surface area contributed by atoms with E-state index in [-0.39, 0.29) is 69.0 Å². The number of fused-ring (bicyclic) bond motifs is 2. The van der Waals surface area contributed by atoms with E-state index in [1.807, 2.05) is 34.9 Å². The van der Waals surface area contributed by atoms with Crippen LogP contribution in [0, 0.1) is 23.0 Å².